The van der Waals surface area contributed by atoms with E-state index in [0.717, 1.165) is 14.0 Å². The number of rotatable bonds is 6. The van der Waals surface area contributed by atoms with Gasteiger partial charge in [0.1, 0.15) is 12.1 Å². The number of benzene rings is 2. The van der Waals surface area contributed by atoms with Gasteiger partial charge in [0.05, 0.1) is 0 Å². The summed E-state index contributed by atoms with van der Waals surface area (Å²) in [6.45, 7) is 1.39. The first kappa shape index (κ1) is 19.3. The summed E-state index contributed by atoms with van der Waals surface area (Å²) in [7, 11) is 0. The highest BCUT2D eigenvalue weighted by Crippen LogP contribution is 2.23. The van der Waals surface area contributed by atoms with Crippen molar-refractivity contribution in [2.45, 2.75) is 25.3 Å². The van der Waals surface area contributed by atoms with Crippen LogP contribution in [0.25, 0.3) is 0 Å². The molecule has 0 aromatic heterocycles. The third-order valence-corrected chi connectivity index (χ3v) is 5.18. The molecule has 1 saturated heterocycles. The highest BCUT2D eigenvalue weighted by molar-refractivity contribution is 14.1. The highest BCUT2D eigenvalue weighted by Gasteiger charge is 2.47. The van der Waals surface area contributed by atoms with Crippen molar-refractivity contribution in [2.75, 3.05) is 11.9 Å². The van der Waals surface area contributed by atoms with Crippen molar-refractivity contribution in [3.8, 4) is 0 Å². The number of carbonyl (C=O) groups excluding carboxylic acids is 3. The van der Waals surface area contributed by atoms with Crippen LogP contribution in [0.3, 0.4) is 0 Å². The lowest BCUT2D eigenvalue weighted by atomic mass is 9.93. The predicted octanol–water partition coefficient (Wildman–Crippen LogP) is 3.17. The molecule has 0 saturated carbocycles. The minimum atomic E-state index is -1.00. The fourth-order valence-corrected chi connectivity index (χ4v) is 3.55. The number of halogens is 1. The van der Waals surface area contributed by atoms with Gasteiger partial charge in [-0.3, -0.25) is 14.5 Å². The summed E-state index contributed by atoms with van der Waals surface area (Å²) in [5.41, 5.74) is 0.719. The monoisotopic (exact) mass is 477 g/mol. The van der Waals surface area contributed by atoms with Gasteiger partial charge in [-0.2, -0.15) is 0 Å². The SMILES string of the molecule is C[C@@]1(CCc2ccccc2)NC(=O)N(CC(=O)Nc2cccc(I)c2)C1=O. The van der Waals surface area contributed by atoms with E-state index in [1.807, 2.05) is 48.5 Å². The smallest absolute Gasteiger partial charge is 0.324 e. The Morgan fingerprint density at radius 3 is 2.59 bits per heavy atom. The van der Waals surface area contributed by atoms with Crippen molar-refractivity contribution in [2.24, 2.45) is 0 Å². The fraction of sp³-hybridized carbons (Fsp3) is 0.250. The van der Waals surface area contributed by atoms with E-state index in [9.17, 15) is 14.4 Å². The van der Waals surface area contributed by atoms with Crippen molar-refractivity contribution in [1.82, 2.24) is 10.2 Å². The molecule has 0 aliphatic carbocycles. The van der Waals surface area contributed by atoms with Crippen LogP contribution >= 0.6 is 22.6 Å². The predicted molar refractivity (Wildman–Crippen MR) is 111 cm³/mol. The molecule has 2 aromatic carbocycles. The molecule has 0 radical (unpaired) electrons. The molecule has 1 fully saturated rings. The molecule has 27 heavy (non-hydrogen) atoms. The topological polar surface area (TPSA) is 78.5 Å². The van der Waals surface area contributed by atoms with E-state index in [1.165, 1.54) is 0 Å². The molecule has 0 unspecified atom stereocenters. The van der Waals surface area contributed by atoms with Crippen molar-refractivity contribution in [3.05, 3.63) is 63.7 Å². The van der Waals surface area contributed by atoms with Gasteiger partial charge in [0.2, 0.25) is 5.91 Å². The molecule has 140 valence electrons. The summed E-state index contributed by atoms with van der Waals surface area (Å²) in [6.07, 6.45) is 1.13. The second-order valence-electron chi connectivity index (χ2n) is 6.70. The lowest BCUT2D eigenvalue weighted by molar-refractivity contribution is -0.133. The van der Waals surface area contributed by atoms with Crippen molar-refractivity contribution in [3.63, 3.8) is 0 Å². The first-order chi connectivity index (χ1) is 12.9. The van der Waals surface area contributed by atoms with E-state index in [2.05, 4.69) is 33.2 Å². The van der Waals surface area contributed by atoms with Crippen molar-refractivity contribution < 1.29 is 14.4 Å². The number of anilines is 1. The first-order valence-electron chi connectivity index (χ1n) is 8.61. The second-order valence-corrected chi connectivity index (χ2v) is 7.94. The maximum atomic E-state index is 12.8. The van der Waals surface area contributed by atoms with E-state index < -0.39 is 17.5 Å². The van der Waals surface area contributed by atoms with Crippen molar-refractivity contribution in [1.29, 1.82) is 0 Å². The number of hydrogen-bond acceptors (Lipinski definition) is 3. The second kappa shape index (κ2) is 8.08. The van der Waals surface area contributed by atoms with Crippen LogP contribution in [0.4, 0.5) is 10.5 Å². The van der Waals surface area contributed by atoms with Crippen LogP contribution in [-0.2, 0) is 16.0 Å². The Kier molecular flexibility index (Phi) is 5.79. The summed E-state index contributed by atoms with van der Waals surface area (Å²) in [4.78, 5) is 38.3. The van der Waals surface area contributed by atoms with Gasteiger partial charge in [-0.1, -0.05) is 36.4 Å². The van der Waals surface area contributed by atoms with Crippen LogP contribution in [-0.4, -0.2) is 34.8 Å². The molecular formula is C20H20IN3O3. The van der Waals surface area contributed by atoms with Crippen molar-refractivity contribution >= 4 is 46.1 Å². The third kappa shape index (κ3) is 4.65. The van der Waals surface area contributed by atoms with Gasteiger partial charge in [-0.05, 0) is 66.1 Å². The molecule has 7 heteroatoms. The molecule has 0 spiro atoms. The molecular weight excluding hydrogens is 457 g/mol. The maximum Gasteiger partial charge on any atom is 0.325 e. The van der Waals surface area contributed by atoms with E-state index >= 15 is 0 Å². The number of hydrogen-bond donors (Lipinski definition) is 2. The van der Waals surface area contributed by atoms with Crippen LogP contribution in [0.5, 0.6) is 0 Å². The van der Waals surface area contributed by atoms with Gasteiger partial charge in [0, 0.05) is 9.26 Å². The summed E-state index contributed by atoms with van der Waals surface area (Å²) >= 11 is 2.15. The quantitative estimate of drug-likeness (QED) is 0.496. The molecule has 0 bridgehead atoms. The van der Waals surface area contributed by atoms with E-state index in [-0.39, 0.29) is 12.5 Å². The molecule has 2 aromatic rings. The summed E-state index contributed by atoms with van der Waals surface area (Å²) < 4.78 is 0.980. The molecule has 1 aliphatic rings. The number of nitrogens with zero attached hydrogens (tertiary/aromatic N) is 1. The zero-order valence-corrected chi connectivity index (χ0v) is 17.0. The first-order valence-corrected chi connectivity index (χ1v) is 9.69. The number of amides is 4. The lowest BCUT2D eigenvalue weighted by Crippen LogP contribution is -2.45. The van der Waals surface area contributed by atoms with Crippen LogP contribution in [0.2, 0.25) is 0 Å². The van der Waals surface area contributed by atoms with E-state index in [0.29, 0.717) is 18.5 Å². The van der Waals surface area contributed by atoms with E-state index in [4.69, 9.17) is 0 Å². The Bertz CT molecular complexity index is 872. The Morgan fingerprint density at radius 1 is 1.15 bits per heavy atom. The normalized spacial score (nSPS) is 19.1. The lowest BCUT2D eigenvalue weighted by Gasteiger charge is -2.21. The number of nitrogens with one attached hydrogen (secondary N) is 2. The van der Waals surface area contributed by atoms with Crippen LogP contribution in [0.15, 0.2) is 54.6 Å². The average molecular weight is 477 g/mol. The number of urea groups is 1. The molecule has 2 N–H and O–H groups in total. The van der Waals surface area contributed by atoms with Crippen LogP contribution < -0.4 is 10.6 Å². The minimum absolute atomic E-state index is 0.308. The van der Waals surface area contributed by atoms with Gasteiger partial charge in [-0.15, -0.1) is 0 Å². The molecule has 3 rings (SSSR count). The third-order valence-electron chi connectivity index (χ3n) is 4.51. The molecule has 1 aliphatic heterocycles. The van der Waals surface area contributed by atoms with Gasteiger partial charge in [0.25, 0.3) is 5.91 Å². The number of carbonyl (C=O) groups is 3. The zero-order valence-electron chi connectivity index (χ0n) is 14.9. The summed E-state index contributed by atoms with van der Waals surface area (Å²) in [5, 5.41) is 5.45. The van der Waals surface area contributed by atoms with Gasteiger partial charge in [0.15, 0.2) is 0 Å². The summed E-state index contributed by atoms with van der Waals surface area (Å²) in [6, 6.07) is 16.5. The van der Waals surface area contributed by atoms with Gasteiger partial charge >= 0.3 is 6.03 Å². The van der Waals surface area contributed by atoms with Gasteiger partial charge in [-0.25, -0.2) is 4.79 Å². The fourth-order valence-electron chi connectivity index (χ4n) is 3.01. The maximum absolute atomic E-state index is 12.8. The molecule has 1 heterocycles. The summed E-state index contributed by atoms with van der Waals surface area (Å²) in [5.74, 6) is -0.783. The number of imide groups is 1. The number of aryl methyl sites for hydroxylation is 1. The standard InChI is InChI=1S/C20H20IN3O3/c1-20(11-10-14-6-3-2-4-7-14)18(26)24(19(27)23-20)13-17(25)22-16-9-5-8-15(21)12-16/h2-9,12H,10-11,13H2,1H3,(H,22,25)(H,23,27)/t20-/m0/s1. The Balaban J connectivity index is 1.62. The minimum Gasteiger partial charge on any atom is -0.324 e. The van der Waals surface area contributed by atoms with Crippen LogP contribution in [0, 0.1) is 3.57 Å². The Labute approximate surface area is 171 Å². The van der Waals surface area contributed by atoms with Crippen LogP contribution in [0.1, 0.15) is 18.9 Å². The van der Waals surface area contributed by atoms with Gasteiger partial charge < -0.3 is 10.6 Å². The highest BCUT2D eigenvalue weighted by atomic mass is 127. The Hall–Kier alpha value is -2.42. The average Bonchev–Trinajstić information content (AvgIpc) is 2.84. The molecule has 4 amide bonds. The zero-order chi connectivity index (χ0) is 19.4. The Morgan fingerprint density at radius 2 is 1.89 bits per heavy atom. The largest absolute Gasteiger partial charge is 0.325 e. The molecule has 6 nitrogen and oxygen atoms in total. The molecule has 1 atom stereocenters. The van der Waals surface area contributed by atoms with E-state index in [1.54, 1.807) is 13.0 Å².